The molecule has 1 atom stereocenters. The van der Waals surface area contributed by atoms with E-state index in [1.165, 1.54) is 11.1 Å². The van der Waals surface area contributed by atoms with E-state index in [1.54, 1.807) is 0 Å². The largest absolute Gasteiger partial charge is 0.374 e. The van der Waals surface area contributed by atoms with E-state index >= 15 is 0 Å². The van der Waals surface area contributed by atoms with Gasteiger partial charge in [-0.2, -0.15) is 0 Å². The molecule has 1 aromatic heterocycles. The molecular formula is C23H25N3O2. The Morgan fingerprint density at radius 2 is 2.14 bits per heavy atom. The number of fused-ring (bicyclic) bond motifs is 1. The van der Waals surface area contributed by atoms with Crippen LogP contribution in [0.1, 0.15) is 21.5 Å². The Balaban J connectivity index is 1.59. The van der Waals surface area contributed by atoms with Crippen LogP contribution in [0.15, 0.2) is 48.7 Å². The van der Waals surface area contributed by atoms with E-state index in [4.69, 9.17) is 4.74 Å². The minimum absolute atomic E-state index is 0.0243. The fourth-order valence-corrected chi connectivity index (χ4v) is 3.60. The van der Waals surface area contributed by atoms with E-state index < -0.39 is 0 Å². The predicted octanol–water partition coefficient (Wildman–Crippen LogP) is 3.24. The van der Waals surface area contributed by atoms with Gasteiger partial charge in [-0.1, -0.05) is 24.3 Å². The Morgan fingerprint density at radius 3 is 2.96 bits per heavy atom. The molecule has 1 aliphatic rings. The van der Waals surface area contributed by atoms with Crippen LogP contribution in [0.5, 0.6) is 0 Å². The number of amides is 1. The second-order valence-corrected chi connectivity index (χ2v) is 7.25. The van der Waals surface area contributed by atoms with Crippen LogP contribution in [0, 0.1) is 13.8 Å². The monoisotopic (exact) mass is 375 g/mol. The highest BCUT2D eigenvalue weighted by atomic mass is 16.5. The zero-order chi connectivity index (χ0) is 19.5. The number of aromatic nitrogens is 1. The third kappa shape index (κ3) is 3.77. The lowest BCUT2D eigenvalue weighted by atomic mass is 9.96. The molecule has 5 heteroatoms. The highest BCUT2D eigenvalue weighted by Gasteiger charge is 2.15. The number of pyridine rings is 1. The number of ether oxygens (including phenoxy) is 1. The minimum Gasteiger partial charge on any atom is -0.374 e. The van der Waals surface area contributed by atoms with Crippen molar-refractivity contribution < 1.29 is 9.53 Å². The molecule has 2 N–H and O–H groups in total. The standard InChI is InChI=1S/C23H25N3O2/c1-15-6-7-21-20(8-9-25-22(21)16(15)2)17-4-3-5-18(12-17)23(27)26-14-19-13-24-10-11-28-19/h3-9,12,19,24H,10-11,13-14H2,1-2H3,(H,26,27)/t19-/m0/s1. The number of aryl methyl sites for hydroxylation is 2. The Morgan fingerprint density at radius 1 is 1.25 bits per heavy atom. The molecule has 2 heterocycles. The SMILES string of the molecule is Cc1ccc2c(-c3cccc(C(=O)NC[C@@H]4CNCCO4)c3)ccnc2c1C. The first kappa shape index (κ1) is 18.6. The van der Waals surface area contributed by atoms with Crippen molar-refractivity contribution in [2.75, 3.05) is 26.2 Å². The topological polar surface area (TPSA) is 63.2 Å². The van der Waals surface area contributed by atoms with Gasteiger partial charge in [-0.25, -0.2) is 0 Å². The molecule has 1 saturated heterocycles. The Kier molecular flexibility index (Phi) is 5.37. The molecule has 28 heavy (non-hydrogen) atoms. The van der Waals surface area contributed by atoms with Crippen LogP contribution in [-0.2, 0) is 4.74 Å². The summed E-state index contributed by atoms with van der Waals surface area (Å²) in [7, 11) is 0. The van der Waals surface area contributed by atoms with Crippen LogP contribution in [0.2, 0.25) is 0 Å². The maximum absolute atomic E-state index is 12.6. The Hall–Kier alpha value is -2.76. The molecule has 0 saturated carbocycles. The zero-order valence-electron chi connectivity index (χ0n) is 16.3. The second-order valence-electron chi connectivity index (χ2n) is 7.25. The quantitative estimate of drug-likeness (QED) is 0.735. The number of rotatable bonds is 4. The number of benzene rings is 2. The van der Waals surface area contributed by atoms with Crippen LogP contribution in [-0.4, -0.2) is 43.2 Å². The number of nitrogens with zero attached hydrogens (tertiary/aromatic N) is 1. The van der Waals surface area contributed by atoms with Gasteiger partial charge in [0.25, 0.3) is 5.91 Å². The molecule has 1 fully saturated rings. The van der Waals surface area contributed by atoms with Crippen molar-refractivity contribution in [2.45, 2.75) is 20.0 Å². The normalized spacial score (nSPS) is 16.9. The van der Waals surface area contributed by atoms with Gasteiger partial charge in [0, 0.05) is 36.8 Å². The number of morpholine rings is 1. The summed E-state index contributed by atoms with van der Waals surface area (Å²) in [6, 6.07) is 14.0. The lowest BCUT2D eigenvalue weighted by molar-refractivity contribution is 0.0287. The van der Waals surface area contributed by atoms with Crippen molar-refractivity contribution in [3.63, 3.8) is 0 Å². The lowest BCUT2D eigenvalue weighted by Gasteiger charge is -2.23. The van der Waals surface area contributed by atoms with Gasteiger partial charge in [0.15, 0.2) is 0 Å². The van der Waals surface area contributed by atoms with Gasteiger partial charge in [0.05, 0.1) is 18.2 Å². The maximum atomic E-state index is 12.6. The van der Waals surface area contributed by atoms with Gasteiger partial charge in [0.1, 0.15) is 0 Å². The van der Waals surface area contributed by atoms with Gasteiger partial charge in [-0.15, -0.1) is 0 Å². The molecule has 4 rings (SSSR count). The highest BCUT2D eigenvalue weighted by Crippen LogP contribution is 2.30. The second kappa shape index (κ2) is 8.09. The Labute approximate surface area is 165 Å². The minimum atomic E-state index is -0.0820. The summed E-state index contributed by atoms with van der Waals surface area (Å²) >= 11 is 0. The van der Waals surface area contributed by atoms with E-state index in [2.05, 4.69) is 41.6 Å². The zero-order valence-corrected chi connectivity index (χ0v) is 16.3. The van der Waals surface area contributed by atoms with Crippen LogP contribution in [0.25, 0.3) is 22.0 Å². The average molecular weight is 375 g/mol. The predicted molar refractivity (Wildman–Crippen MR) is 112 cm³/mol. The van der Waals surface area contributed by atoms with E-state index in [1.807, 2.05) is 36.5 Å². The molecule has 2 aromatic carbocycles. The molecule has 0 spiro atoms. The van der Waals surface area contributed by atoms with Crippen LogP contribution in [0.4, 0.5) is 0 Å². The molecule has 0 aliphatic carbocycles. The lowest BCUT2D eigenvalue weighted by Crippen LogP contribution is -2.45. The summed E-state index contributed by atoms with van der Waals surface area (Å²) in [5.74, 6) is -0.0820. The highest BCUT2D eigenvalue weighted by molar-refractivity contribution is 5.99. The first-order chi connectivity index (χ1) is 13.6. The third-order valence-electron chi connectivity index (χ3n) is 5.37. The smallest absolute Gasteiger partial charge is 0.251 e. The molecule has 1 aliphatic heterocycles. The van der Waals surface area contributed by atoms with Crippen LogP contribution in [0.3, 0.4) is 0 Å². The van der Waals surface area contributed by atoms with Crippen molar-refractivity contribution in [1.82, 2.24) is 15.6 Å². The first-order valence-electron chi connectivity index (χ1n) is 9.69. The summed E-state index contributed by atoms with van der Waals surface area (Å²) in [6.07, 6.45) is 1.86. The molecule has 144 valence electrons. The summed E-state index contributed by atoms with van der Waals surface area (Å²) in [5.41, 5.74) is 6.17. The molecule has 0 unspecified atom stereocenters. The molecule has 3 aromatic rings. The molecular weight excluding hydrogens is 350 g/mol. The van der Waals surface area contributed by atoms with Gasteiger partial charge in [0.2, 0.25) is 0 Å². The van der Waals surface area contributed by atoms with Crippen LogP contribution >= 0.6 is 0 Å². The van der Waals surface area contributed by atoms with Crippen molar-refractivity contribution in [2.24, 2.45) is 0 Å². The fraction of sp³-hybridized carbons (Fsp3) is 0.304. The maximum Gasteiger partial charge on any atom is 0.251 e. The summed E-state index contributed by atoms with van der Waals surface area (Å²) in [5, 5.41) is 7.36. The van der Waals surface area contributed by atoms with Gasteiger partial charge in [-0.05, 0) is 54.3 Å². The fourth-order valence-electron chi connectivity index (χ4n) is 3.60. The molecule has 0 radical (unpaired) electrons. The molecule has 5 nitrogen and oxygen atoms in total. The first-order valence-corrected chi connectivity index (χ1v) is 9.69. The van der Waals surface area contributed by atoms with Crippen LogP contribution < -0.4 is 10.6 Å². The number of hydrogen-bond acceptors (Lipinski definition) is 4. The van der Waals surface area contributed by atoms with E-state index in [9.17, 15) is 4.79 Å². The molecule has 0 bridgehead atoms. The van der Waals surface area contributed by atoms with E-state index in [0.717, 1.165) is 35.1 Å². The van der Waals surface area contributed by atoms with Gasteiger partial charge < -0.3 is 15.4 Å². The van der Waals surface area contributed by atoms with Crippen molar-refractivity contribution in [1.29, 1.82) is 0 Å². The van der Waals surface area contributed by atoms with Crippen molar-refractivity contribution in [3.8, 4) is 11.1 Å². The molecule has 1 amide bonds. The third-order valence-corrected chi connectivity index (χ3v) is 5.37. The van der Waals surface area contributed by atoms with Crippen molar-refractivity contribution in [3.05, 3.63) is 65.4 Å². The van der Waals surface area contributed by atoms with Gasteiger partial charge in [-0.3, -0.25) is 9.78 Å². The van der Waals surface area contributed by atoms with E-state index in [0.29, 0.717) is 18.7 Å². The number of carbonyl (C=O) groups excluding carboxylic acids is 1. The Bertz CT molecular complexity index is 1010. The van der Waals surface area contributed by atoms with Gasteiger partial charge >= 0.3 is 0 Å². The summed E-state index contributed by atoms with van der Waals surface area (Å²) in [6.45, 7) is 7.02. The summed E-state index contributed by atoms with van der Waals surface area (Å²) < 4.78 is 5.64. The van der Waals surface area contributed by atoms with Crippen molar-refractivity contribution >= 4 is 16.8 Å². The number of carbonyl (C=O) groups is 1. The number of hydrogen-bond donors (Lipinski definition) is 2. The average Bonchev–Trinajstić information content (AvgIpc) is 2.75. The summed E-state index contributed by atoms with van der Waals surface area (Å²) in [4.78, 5) is 17.2. The number of nitrogens with one attached hydrogen (secondary N) is 2. The van der Waals surface area contributed by atoms with E-state index in [-0.39, 0.29) is 12.0 Å².